The molecule has 0 saturated heterocycles. The van der Waals surface area contributed by atoms with Gasteiger partial charge in [0.15, 0.2) is 6.61 Å². The van der Waals surface area contributed by atoms with Crippen LogP contribution in [0.2, 0.25) is 0 Å². The van der Waals surface area contributed by atoms with Gasteiger partial charge < -0.3 is 9.47 Å². The number of ether oxygens (including phenoxy) is 2. The van der Waals surface area contributed by atoms with Crippen molar-refractivity contribution in [1.82, 2.24) is 9.38 Å². The highest BCUT2D eigenvalue weighted by Gasteiger charge is 2.11. The van der Waals surface area contributed by atoms with E-state index in [0.717, 1.165) is 16.8 Å². The highest BCUT2D eigenvalue weighted by molar-refractivity contribution is 5.73. The quantitative estimate of drug-likeness (QED) is 0.461. The number of nitrogens with zero attached hydrogens (tertiary/aromatic N) is 2. The fraction of sp³-hybridized carbons (Fsp3) is 0.125. The average Bonchev–Trinajstić information content (AvgIpc) is 2.77. The van der Waals surface area contributed by atoms with E-state index in [0.29, 0.717) is 17.1 Å². The molecule has 0 N–H and O–H groups in total. The van der Waals surface area contributed by atoms with E-state index in [1.807, 2.05) is 73.7 Å². The molecular formula is C24H20N2O4. The lowest BCUT2D eigenvalue weighted by Gasteiger charge is -2.11. The van der Waals surface area contributed by atoms with E-state index in [-0.39, 0.29) is 18.8 Å². The van der Waals surface area contributed by atoms with Crippen molar-refractivity contribution in [3.05, 3.63) is 101 Å². The molecular weight excluding hydrogens is 380 g/mol. The number of fused-ring (bicyclic) bond motifs is 1. The molecule has 30 heavy (non-hydrogen) atoms. The van der Waals surface area contributed by atoms with Crippen molar-refractivity contribution in [2.24, 2.45) is 0 Å². The molecule has 0 atom stereocenters. The zero-order valence-electron chi connectivity index (χ0n) is 16.4. The smallest absolute Gasteiger partial charge is 0.344 e. The van der Waals surface area contributed by atoms with E-state index in [1.54, 1.807) is 6.07 Å². The van der Waals surface area contributed by atoms with Gasteiger partial charge in [-0.05, 0) is 30.7 Å². The van der Waals surface area contributed by atoms with E-state index >= 15 is 0 Å². The second-order valence-electron chi connectivity index (χ2n) is 6.76. The van der Waals surface area contributed by atoms with Gasteiger partial charge in [0.1, 0.15) is 18.0 Å². The number of carbonyl (C=O) groups excluding carboxylic acids is 1. The van der Waals surface area contributed by atoms with Gasteiger partial charge in [-0.25, -0.2) is 9.78 Å². The average molecular weight is 400 g/mol. The number of esters is 1. The molecule has 4 aromatic rings. The summed E-state index contributed by atoms with van der Waals surface area (Å²) >= 11 is 0. The van der Waals surface area contributed by atoms with Crippen LogP contribution in [0.4, 0.5) is 0 Å². The number of benzene rings is 2. The maximum absolute atomic E-state index is 12.3. The molecule has 4 rings (SSSR count). The van der Waals surface area contributed by atoms with Crippen LogP contribution in [0.3, 0.4) is 0 Å². The molecule has 0 radical (unpaired) electrons. The molecule has 2 aromatic carbocycles. The standard InChI is InChI=1S/C24H20N2O4/c1-17-8-7-13-22-25-19(14-23(27)26(17)22)15-30-24(28)16-29-21-12-6-5-11-20(21)18-9-3-2-4-10-18/h2-14H,15-16H2,1H3. The Morgan fingerprint density at radius 1 is 0.967 bits per heavy atom. The molecule has 0 spiro atoms. The molecule has 0 fully saturated rings. The molecule has 2 aromatic heterocycles. The lowest BCUT2D eigenvalue weighted by Crippen LogP contribution is -2.19. The van der Waals surface area contributed by atoms with Crippen LogP contribution >= 0.6 is 0 Å². The van der Waals surface area contributed by atoms with E-state index in [4.69, 9.17) is 9.47 Å². The Labute approximate surface area is 173 Å². The Morgan fingerprint density at radius 3 is 2.57 bits per heavy atom. The van der Waals surface area contributed by atoms with Crippen molar-refractivity contribution >= 4 is 11.6 Å². The minimum atomic E-state index is -0.538. The normalized spacial score (nSPS) is 10.7. The molecule has 0 bridgehead atoms. The Morgan fingerprint density at radius 2 is 1.73 bits per heavy atom. The van der Waals surface area contributed by atoms with Crippen LogP contribution < -0.4 is 10.3 Å². The fourth-order valence-electron chi connectivity index (χ4n) is 3.22. The van der Waals surface area contributed by atoms with Gasteiger partial charge in [-0.15, -0.1) is 0 Å². The van der Waals surface area contributed by atoms with Crippen molar-refractivity contribution in [2.45, 2.75) is 13.5 Å². The van der Waals surface area contributed by atoms with Crippen molar-refractivity contribution in [2.75, 3.05) is 6.61 Å². The van der Waals surface area contributed by atoms with E-state index < -0.39 is 5.97 Å². The summed E-state index contributed by atoms with van der Waals surface area (Å²) in [5, 5.41) is 0. The van der Waals surface area contributed by atoms with Crippen molar-refractivity contribution in [1.29, 1.82) is 0 Å². The van der Waals surface area contributed by atoms with E-state index in [1.165, 1.54) is 10.5 Å². The maximum Gasteiger partial charge on any atom is 0.344 e. The van der Waals surface area contributed by atoms with Gasteiger partial charge in [-0.2, -0.15) is 0 Å². The van der Waals surface area contributed by atoms with Crippen LogP contribution in [0.1, 0.15) is 11.4 Å². The first-order valence-electron chi connectivity index (χ1n) is 9.53. The van der Waals surface area contributed by atoms with Gasteiger partial charge in [0, 0.05) is 17.3 Å². The summed E-state index contributed by atoms with van der Waals surface area (Å²) < 4.78 is 12.5. The van der Waals surface area contributed by atoms with Crippen LogP contribution in [0.15, 0.2) is 83.7 Å². The number of aromatic nitrogens is 2. The molecule has 0 unspecified atom stereocenters. The molecule has 6 nitrogen and oxygen atoms in total. The highest BCUT2D eigenvalue weighted by Crippen LogP contribution is 2.29. The predicted molar refractivity (Wildman–Crippen MR) is 113 cm³/mol. The minimum Gasteiger partial charge on any atom is -0.481 e. The van der Waals surface area contributed by atoms with Crippen molar-refractivity contribution < 1.29 is 14.3 Å². The predicted octanol–water partition coefficient (Wildman–Crippen LogP) is 3.79. The molecule has 2 heterocycles. The third-order valence-electron chi connectivity index (χ3n) is 4.63. The van der Waals surface area contributed by atoms with Crippen LogP contribution in [-0.4, -0.2) is 22.0 Å². The van der Waals surface area contributed by atoms with Gasteiger partial charge in [0.25, 0.3) is 5.56 Å². The summed E-state index contributed by atoms with van der Waals surface area (Å²) in [6, 6.07) is 24.1. The molecule has 6 heteroatoms. The molecule has 0 amide bonds. The van der Waals surface area contributed by atoms with Crippen LogP contribution in [0, 0.1) is 6.92 Å². The first-order chi connectivity index (χ1) is 14.6. The number of carbonyl (C=O) groups is 1. The molecule has 0 aliphatic carbocycles. The number of para-hydroxylation sites is 1. The summed E-state index contributed by atoms with van der Waals surface area (Å²) in [4.78, 5) is 28.9. The van der Waals surface area contributed by atoms with E-state index in [9.17, 15) is 9.59 Å². The van der Waals surface area contributed by atoms with Gasteiger partial charge in [-0.1, -0.05) is 54.6 Å². The van der Waals surface area contributed by atoms with Gasteiger partial charge in [0.05, 0.1) is 5.69 Å². The number of hydrogen-bond acceptors (Lipinski definition) is 5. The van der Waals surface area contributed by atoms with Crippen LogP contribution in [-0.2, 0) is 16.1 Å². The zero-order chi connectivity index (χ0) is 20.9. The summed E-state index contributed by atoms with van der Waals surface area (Å²) in [6.07, 6.45) is 0. The number of aryl methyl sites for hydroxylation is 1. The zero-order valence-corrected chi connectivity index (χ0v) is 16.4. The van der Waals surface area contributed by atoms with Gasteiger partial charge in [0.2, 0.25) is 0 Å². The minimum absolute atomic E-state index is 0.0950. The Kier molecular flexibility index (Phi) is 5.57. The Balaban J connectivity index is 1.41. The molecule has 0 aliphatic rings. The first kappa shape index (κ1) is 19.4. The first-order valence-corrected chi connectivity index (χ1v) is 9.53. The summed E-state index contributed by atoms with van der Waals surface area (Å²) in [6.45, 7) is 1.50. The SMILES string of the molecule is Cc1cccc2nc(COC(=O)COc3ccccc3-c3ccccc3)cc(=O)n12. The van der Waals surface area contributed by atoms with Gasteiger partial charge >= 0.3 is 5.97 Å². The monoisotopic (exact) mass is 400 g/mol. The Hall–Kier alpha value is -3.93. The molecule has 150 valence electrons. The second-order valence-corrected chi connectivity index (χ2v) is 6.76. The third kappa shape index (κ3) is 4.22. The van der Waals surface area contributed by atoms with E-state index in [2.05, 4.69) is 4.98 Å². The third-order valence-corrected chi connectivity index (χ3v) is 4.63. The lowest BCUT2D eigenvalue weighted by atomic mass is 10.1. The highest BCUT2D eigenvalue weighted by atomic mass is 16.6. The Bertz CT molecular complexity index is 1250. The second kappa shape index (κ2) is 8.61. The fourth-order valence-corrected chi connectivity index (χ4v) is 3.22. The van der Waals surface area contributed by atoms with Crippen LogP contribution in [0.25, 0.3) is 16.8 Å². The number of rotatable bonds is 6. The summed E-state index contributed by atoms with van der Waals surface area (Å²) in [5.41, 5.74) is 3.38. The van der Waals surface area contributed by atoms with Crippen molar-refractivity contribution in [3.8, 4) is 16.9 Å². The number of hydrogen-bond donors (Lipinski definition) is 0. The van der Waals surface area contributed by atoms with Gasteiger partial charge in [-0.3, -0.25) is 9.20 Å². The molecule has 0 aliphatic heterocycles. The summed E-state index contributed by atoms with van der Waals surface area (Å²) in [5.74, 6) is 0.0577. The summed E-state index contributed by atoms with van der Waals surface area (Å²) in [7, 11) is 0. The topological polar surface area (TPSA) is 69.9 Å². The number of pyridine rings is 1. The molecule has 0 saturated carbocycles. The van der Waals surface area contributed by atoms with Crippen LogP contribution in [0.5, 0.6) is 5.75 Å². The van der Waals surface area contributed by atoms with Crippen molar-refractivity contribution in [3.63, 3.8) is 0 Å². The maximum atomic E-state index is 12.3. The largest absolute Gasteiger partial charge is 0.481 e. The lowest BCUT2D eigenvalue weighted by molar-refractivity contribution is -0.147.